The summed E-state index contributed by atoms with van der Waals surface area (Å²) in [5.41, 5.74) is 7.51. The summed E-state index contributed by atoms with van der Waals surface area (Å²) in [4.78, 5) is 28.0. The third kappa shape index (κ3) is 7.83. The van der Waals surface area contributed by atoms with Crippen molar-refractivity contribution in [1.82, 2.24) is 5.32 Å². The van der Waals surface area contributed by atoms with E-state index in [1.54, 1.807) is 43.3 Å². The maximum absolute atomic E-state index is 12.6. The van der Waals surface area contributed by atoms with Gasteiger partial charge >= 0.3 is 5.97 Å². The van der Waals surface area contributed by atoms with Crippen molar-refractivity contribution >= 4 is 23.3 Å². The summed E-state index contributed by atoms with van der Waals surface area (Å²) in [5, 5.41) is 20.8. The van der Waals surface area contributed by atoms with Gasteiger partial charge in [-0.3, -0.25) is 9.79 Å². The van der Waals surface area contributed by atoms with Crippen LogP contribution in [-0.2, 0) is 11.3 Å². The highest BCUT2D eigenvalue weighted by Crippen LogP contribution is 2.30. The number of carbonyl (C=O) groups excluding carboxylic acids is 1. The molecule has 0 spiro atoms. The minimum absolute atomic E-state index is 0.000848. The van der Waals surface area contributed by atoms with E-state index in [4.69, 9.17) is 30.2 Å². The molecule has 0 unspecified atom stereocenters. The van der Waals surface area contributed by atoms with Gasteiger partial charge in [0, 0.05) is 30.7 Å². The van der Waals surface area contributed by atoms with Crippen molar-refractivity contribution in [2.24, 2.45) is 10.7 Å². The van der Waals surface area contributed by atoms with Crippen molar-refractivity contribution in [3.63, 3.8) is 0 Å². The maximum Gasteiger partial charge on any atom is 0.336 e. The van der Waals surface area contributed by atoms with Gasteiger partial charge in [0.1, 0.15) is 12.4 Å². The van der Waals surface area contributed by atoms with Gasteiger partial charge in [-0.2, -0.15) is 0 Å². The number of aliphatic hydroxyl groups is 1. The van der Waals surface area contributed by atoms with Crippen LogP contribution < -0.4 is 25.3 Å². The van der Waals surface area contributed by atoms with Gasteiger partial charge in [-0.25, -0.2) is 4.79 Å². The van der Waals surface area contributed by atoms with Crippen LogP contribution in [0, 0.1) is 0 Å². The average Bonchev–Trinajstić information content (AvgIpc) is 2.86. The molecule has 0 atom stereocenters. The lowest BCUT2D eigenvalue weighted by Crippen LogP contribution is -2.28. The number of rotatable bonds is 14. The maximum atomic E-state index is 12.6. The molecule has 0 fully saturated rings. The molecule has 0 aliphatic carbocycles. The second-order valence-corrected chi connectivity index (χ2v) is 7.33. The Morgan fingerprint density at radius 2 is 1.86 bits per heavy atom. The average molecular weight is 486 g/mol. The number of hydrogen-bond acceptors (Lipinski definition) is 8. The molecule has 0 aliphatic heterocycles. The Hall–Kier alpha value is -3.89. The highest BCUT2D eigenvalue weighted by Gasteiger charge is 2.13. The van der Waals surface area contributed by atoms with E-state index in [2.05, 4.69) is 16.9 Å². The summed E-state index contributed by atoms with van der Waals surface area (Å²) in [6.45, 7) is 5.87. The number of carbonyl (C=O) groups is 2. The molecule has 0 radical (unpaired) electrons. The van der Waals surface area contributed by atoms with Gasteiger partial charge in [0.05, 0.1) is 37.2 Å². The summed E-state index contributed by atoms with van der Waals surface area (Å²) < 4.78 is 16.6. The number of nitrogens with two attached hydrogens (primary N) is 1. The fraction of sp³-hybridized carbons (Fsp3) is 0.320. The first-order valence-electron chi connectivity index (χ1n) is 10.9. The monoisotopic (exact) mass is 485 g/mol. The van der Waals surface area contributed by atoms with Crippen LogP contribution in [0.1, 0.15) is 29.3 Å². The molecule has 0 saturated heterocycles. The molecule has 1 amide bonds. The topological polar surface area (TPSA) is 153 Å². The van der Waals surface area contributed by atoms with Crippen LogP contribution in [0.4, 0.5) is 5.69 Å². The van der Waals surface area contributed by atoms with Crippen LogP contribution in [0.25, 0.3) is 0 Å². The Morgan fingerprint density at radius 1 is 1.11 bits per heavy atom. The predicted molar refractivity (Wildman–Crippen MR) is 132 cm³/mol. The minimum Gasteiger partial charge on any atom is -0.493 e. The van der Waals surface area contributed by atoms with Gasteiger partial charge in [0.15, 0.2) is 11.5 Å². The third-order valence-corrected chi connectivity index (χ3v) is 4.93. The first kappa shape index (κ1) is 27.4. The second-order valence-electron chi connectivity index (χ2n) is 7.33. The molecular formula is C25H31N3O7. The number of nitrogens with one attached hydrogen (secondary N) is 1. The van der Waals surface area contributed by atoms with Gasteiger partial charge < -0.3 is 35.5 Å². The lowest BCUT2D eigenvalue weighted by Gasteiger charge is -2.14. The van der Waals surface area contributed by atoms with E-state index in [1.165, 1.54) is 7.11 Å². The Morgan fingerprint density at radius 3 is 2.51 bits per heavy atom. The number of carboxylic acids is 1. The number of methoxy groups -OCH3 is 1. The summed E-state index contributed by atoms with van der Waals surface area (Å²) in [6, 6.07) is 9.99. The molecule has 2 rings (SSSR count). The van der Waals surface area contributed by atoms with Crippen molar-refractivity contribution < 1.29 is 34.0 Å². The SMILES string of the molecule is C=C(C(=O)O)/C(C)=N\c1cccc(OCCNC(=O)c2ccc(OC)c(OCCCO)c2)c1CN. The summed E-state index contributed by atoms with van der Waals surface area (Å²) >= 11 is 0. The predicted octanol–water partition coefficient (Wildman–Crippen LogP) is 2.46. The van der Waals surface area contributed by atoms with Crippen LogP contribution in [0.5, 0.6) is 17.2 Å². The molecule has 5 N–H and O–H groups in total. The zero-order valence-corrected chi connectivity index (χ0v) is 19.9. The van der Waals surface area contributed by atoms with E-state index >= 15 is 0 Å². The Labute approximate surface area is 204 Å². The zero-order valence-electron chi connectivity index (χ0n) is 19.9. The normalized spacial score (nSPS) is 11.0. The molecule has 0 aromatic heterocycles. The lowest BCUT2D eigenvalue weighted by molar-refractivity contribution is -0.132. The van der Waals surface area contributed by atoms with E-state index in [0.717, 1.165) is 0 Å². The summed E-state index contributed by atoms with van der Waals surface area (Å²) in [7, 11) is 1.50. The minimum atomic E-state index is -1.15. The largest absolute Gasteiger partial charge is 0.493 e. The molecule has 10 nitrogen and oxygen atoms in total. The molecule has 0 saturated carbocycles. The highest BCUT2D eigenvalue weighted by atomic mass is 16.5. The van der Waals surface area contributed by atoms with Crippen LogP contribution in [0.3, 0.4) is 0 Å². The number of nitrogens with zero attached hydrogens (tertiary/aromatic N) is 1. The van der Waals surface area contributed by atoms with Crippen LogP contribution in [0.2, 0.25) is 0 Å². The number of carboxylic acid groups (broad SMARTS) is 1. The zero-order chi connectivity index (χ0) is 25.8. The van der Waals surface area contributed by atoms with Crippen LogP contribution in [-0.4, -0.2) is 61.3 Å². The van der Waals surface area contributed by atoms with E-state index < -0.39 is 5.97 Å². The Bertz CT molecular complexity index is 1080. The fourth-order valence-corrected chi connectivity index (χ4v) is 3.01. The molecule has 10 heteroatoms. The van der Waals surface area contributed by atoms with Crippen molar-refractivity contribution in [1.29, 1.82) is 0 Å². The molecular weight excluding hydrogens is 454 g/mol. The fourth-order valence-electron chi connectivity index (χ4n) is 3.01. The van der Waals surface area contributed by atoms with Gasteiger partial charge in [0.2, 0.25) is 0 Å². The first-order valence-corrected chi connectivity index (χ1v) is 10.9. The summed E-state index contributed by atoms with van der Waals surface area (Å²) in [6.07, 6.45) is 0.460. The van der Waals surface area contributed by atoms with E-state index in [1.807, 2.05) is 0 Å². The van der Waals surface area contributed by atoms with Crippen molar-refractivity contribution in [3.8, 4) is 17.2 Å². The van der Waals surface area contributed by atoms with Gasteiger partial charge in [0.25, 0.3) is 5.91 Å². The van der Waals surface area contributed by atoms with Crippen molar-refractivity contribution in [3.05, 3.63) is 59.7 Å². The van der Waals surface area contributed by atoms with Gasteiger partial charge in [-0.05, 0) is 37.3 Å². The molecule has 0 bridgehead atoms. The number of amides is 1. The number of hydrogen-bond donors (Lipinski definition) is 4. The number of aliphatic imine (C=N–C) groups is 1. The smallest absolute Gasteiger partial charge is 0.336 e. The number of ether oxygens (including phenoxy) is 3. The van der Waals surface area contributed by atoms with Gasteiger partial charge in [-0.15, -0.1) is 0 Å². The standard InChI is InChI=1S/C25H31N3O7/c1-16(25(31)32)17(2)28-20-6-4-7-21(19(20)15-26)35-13-10-27-24(30)18-8-9-22(33-3)23(14-18)34-12-5-11-29/h4,6-9,14,29H,1,5,10-13,15,26H2,2-3H3,(H,27,30)(H,31,32)/b28-17-. The molecule has 2 aromatic rings. The number of benzene rings is 2. The van der Waals surface area contributed by atoms with E-state index in [9.17, 15) is 9.59 Å². The van der Waals surface area contributed by atoms with E-state index in [-0.39, 0.29) is 43.5 Å². The van der Waals surface area contributed by atoms with Gasteiger partial charge in [-0.1, -0.05) is 12.6 Å². The molecule has 2 aromatic carbocycles. The number of aliphatic hydroxyl groups excluding tert-OH is 1. The Balaban J connectivity index is 2.01. The third-order valence-electron chi connectivity index (χ3n) is 4.93. The molecule has 35 heavy (non-hydrogen) atoms. The van der Waals surface area contributed by atoms with Crippen molar-refractivity contribution in [2.45, 2.75) is 19.9 Å². The quantitative estimate of drug-likeness (QED) is 0.181. The number of aliphatic carboxylic acids is 1. The highest BCUT2D eigenvalue weighted by molar-refractivity contribution is 6.18. The van der Waals surface area contributed by atoms with Crippen molar-refractivity contribution in [2.75, 3.05) is 33.5 Å². The first-order chi connectivity index (χ1) is 16.8. The lowest BCUT2D eigenvalue weighted by atomic mass is 10.1. The summed E-state index contributed by atoms with van der Waals surface area (Å²) in [5.74, 6) is -0.0776. The second kappa shape index (κ2) is 13.7. The molecule has 0 aliphatic rings. The van der Waals surface area contributed by atoms with Crippen LogP contribution in [0.15, 0.2) is 53.5 Å². The van der Waals surface area contributed by atoms with E-state index in [0.29, 0.717) is 47.1 Å². The van der Waals surface area contributed by atoms with Crippen LogP contribution >= 0.6 is 0 Å². The molecule has 188 valence electrons. The molecule has 0 heterocycles. The Kier molecular flexibility index (Phi) is 10.7.